The van der Waals surface area contributed by atoms with Gasteiger partial charge in [0.1, 0.15) is 4.83 Å². The largest absolute Gasteiger partial charge is 0.449 e. The van der Waals surface area contributed by atoms with Gasteiger partial charge in [-0.3, -0.25) is 14.9 Å². The molecule has 3 aromatic rings. The van der Waals surface area contributed by atoms with Crippen LogP contribution in [0.1, 0.15) is 27.9 Å². The molecule has 9 heteroatoms. The predicted octanol–water partition coefficient (Wildman–Crippen LogP) is 3.50. The molecule has 0 fully saturated rings. The lowest BCUT2D eigenvalue weighted by molar-refractivity contribution is 0.0916. The number of aryl methyl sites for hydroxylation is 1. The smallest absolute Gasteiger partial charge is 0.426 e. The van der Waals surface area contributed by atoms with Crippen LogP contribution in [0.25, 0.3) is 10.2 Å². The van der Waals surface area contributed by atoms with Gasteiger partial charge in [0.05, 0.1) is 23.7 Å². The van der Waals surface area contributed by atoms with Crippen molar-refractivity contribution in [3.05, 3.63) is 51.5 Å². The van der Waals surface area contributed by atoms with Crippen LogP contribution in [-0.4, -0.2) is 28.4 Å². The molecule has 0 atom stereocenters. The molecule has 2 heterocycles. The van der Waals surface area contributed by atoms with Gasteiger partial charge in [-0.2, -0.15) is 5.10 Å². The zero-order valence-electron chi connectivity index (χ0n) is 14.2. The van der Waals surface area contributed by atoms with Gasteiger partial charge < -0.3 is 4.74 Å². The van der Waals surface area contributed by atoms with Gasteiger partial charge in [-0.25, -0.2) is 10.2 Å². The van der Waals surface area contributed by atoms with Crippen LogP contribution in [0.5, 0.6) is 0 Å². The van der Waals surface area contributed by atoms with Gasteiger partial charge in [0.2, 0.25) is 0 Å². The third-order valence-corrected chi connectivity index (χ3v) is 5.18. The van der Waals surface area contributed by atoms with Gasteiger partial charge in [0.15, 0.2) is 0 Å². The number of nitrogens with one attached hydrogen (secondary N) is 2. The molecule has 0 aliphatic rings. The third-order valence-electron chi connectivity index (χ3n) is 3.66. The fourth-order valence-electron chi connectivity index (χ4n) is 2.46. The second-order valence-corrected chi connectivity index (χ2v) is 6.90. The Kier molecular flexibility index (Phi) is 5.43. The van der Waals surface area contributed by atoms with Crippen LogP contribution in [0, 0.1) is 6.92 Å². The van der Waals surface area contributed by atoms with Gasteiger partial charge >= 0.3 is 6.09 Å². The molecule has 2 N–H and O–H groups in total. The van der Waals surface area contributed by atoms with Crippen LogP contribution >= 0.6 is 22.9 Å². The Morgan fingerprint density at radius 1 is 1.31 bits per heavy atom. The van der Waals surface area contributed by atoms with Crippen LogP contribution in [-0.2, 0) is 11.3 Å². The molecule has 7 nitrogen and oxygen atoms in total. The number of carbonyl (C=O) groups is 2. The van der Waals surface area contributed by atoms with Crippen molar-refractivity contribution in [3.8, 4) is 0 Å². The van der Waals surface area contributed by atoms with E-state index < -0.39 is 12.0 Å². The second-order valence-electron chi connectivity index (χ2n) is 5.46. The minimum atomic E-state index is -0.706. The quantitative estimate of drug-likeness (QED) is 0.665. The summed E-state index contributed by atoms with van der Waals surface area (Å²) in [5, 5.41) is 6.09. The van der Waals surface area contributed by atoms with Crippen molar-refractivity contribution in [3.63, 3.8) is 0 Å². The maximum atomic E-state index is 12.2. The molecular weight excluding hydrogens is 376 g/mol. The van der Waals surface area contributed by atoms with E-state index in [1.54, 1.807) is 13.0 Å². The number of fused-ring (bicyclic) bond motifs is 1. The highest BCUT2D eigenvalue weighted by atomic mass is 35.5. The molecule has 0 bridgehead atoms. The van der Waals surface area contributed by atoms with Crippen LogP contribution in [0.4, 0.5) is 4.79 Å². The van der Waals surface area contributed by atoms with E-state index in [2.05, 4.69) is 16.0 Å². The monoisotopic (exact) mass is 392 g/mol. The normalized spacial score (nSPS) is 10.7. The minimum absolute atomic E-state index is 0.224. The first kappa shape index (κ1) is 18.2. The average molecular weight is 393 g/mol. The lowest BCUT2D eigenvalue weighted by Crippen LogP contribution is -2.41. The molecule has 0 aliphatic heterocycles. The molecule has 0 radical (unpaired) electrons. The molecule has 0 aliphatic carbocycles. The van der Waals surface area contributed by atoms with Crippen molar-refractivity contribution in [2.24, 2.45) is 0 Å². The Hall–Kier alpha value is -2.58. The number of hydrogen-bond acceptors (Lipinski definition) is 5. The van der Waals surface area contributed by atoms with E-state index in [-0.39, 0.29) is 6.61 Å². The van der Waals surface area contributed by atoms with E-state index in [0.29, 0.717) is 16.4 Å². The number of nitrogens with zero attached hydrogens (tertiary/aromatic N) is 2. The van der Waals surface area contributed by atoms with E-state index in [0.717, 1.165) is 21.5 Å². The number of halogens is 1. The van der Waals surface area contributed by atoms with Crippen LogP contribution < -0.4 is 10.9 Å². The number of carbonyl (C=O) groups excluding carboxylic acids is 2. The molecule has 26 heavy (non-hydrogen) atoms. The lowest BCUT2D eigenvalue weighted by Gasteiger charge is -2.06. The van der Waals surface area contributed by atoms with Crippen LogP contribution in [0.2, 0.25) is 5.02 Å². The van der Waals surface area contributed by atoms with Gasteiger partial charge in [-0.05, 0) is 31.5 Å². The first-order valence-corrected chi connectivity index (χ1v) is 9.12. The molecule has 1 aromatic carbocycles. The highest BCUT2D eigenvalue weighted by Crippen LogP contribution is 2.29. The van der Waals surface area contributed by atoms with E-state index in [4.69, 9.17) is 16.3 Å². The number of amides is 2. The van der Waals surface area contributed by atoms with Crippen molar-refractivity contribution in [1.29, 1.82) is 0 Å². The Bertz CT molecular complexity index is 966. The zero-order chi connectivity index (χ0) is 18.7. The third kappa shape index (κ3) is 3.81. The number of ether oxygens (including phenoxy) is 1. The van der Waals surface area contributed by atoms with Gasteiger partial charge in [0.25, 0.3) is 5.91 Å². The summed E-state index contributed by atoms with van der Waals surface area (Å²) >= 11 is 7.53. The number of aromatic nitrogens is 2. The Morgan fingerprint density at radius 2 is 2.08 bits per heavy atom. The summed E-state index contributed by atoms with van der Waals surface area (Å²) in [5.41, 5.74) is 6.30. The van der Waals surface area contributed by atoms with Crippen molar-refractivity contribution in [1.82, 2.24) is 20.6 Å². The summed E-state index contributed by atoms with van der Waals surface area (Å²) < 4.78 is 6.53. The van der Waals surface area contributed by atoms with Gasteiger partial charge in [-0.1, -0.05) is 29.8 Å². The maximum absolute atomic E-state index is 12.2. The molecule has 0 unspecified atom stereocenters. The summed E-state index contributed by atoms with van der Waals surface area (Å²) in [6, 6.07) is 9.32. The fourth-order valence-corrected chi connectivity index (χ4v) is 3.71. The van der Waals surface area contributed by atoms with Crippen LogP contribution in [0.15, 0.2) is 30.3 Å². The molecular formula is C17H17ClN4O3S. The highest BCUT2D eigenvalue weighted by Gasteiger charge is 2.17. The van der Waals surface area contributed by atoms with E-state index in [1.165, 1.54) is 11.3 Å². The van der Waals surface area contributed by atoms with E-state index in [1.807, 2.05) is 35.9 Å². The number of thiophene rings is 1. The molecule has 0 saturated heterocycles. The number of rotatable bonds is 4. The molecule has 0 spiro atoms. The standard InChI is InChI=1S/C17H17ClN4O3S/c1-3-25-17(24)20-19-15(23)14-8-12-10(2)21-22(16(12)26-14)9-11-6-4-5-7-13(11)18/h4-8H,3,9H2,1-2H3,(H,19,23)(H,20,24). The van der Waals surface area contributed by atoms with Crippen molar-refractivity contribution >= 4 is 45.2 Å². The SMILES string of the molecule is CCOC(=O)NNC(=O)c1cc2c(C)nn(Cc3ccccc3Cl)c2s1. The summed E-state index contributed by atoms with van der Waals surface area (Å²) in [6.45, 7) is 4.30. The zero-order valence-corrected chi connectivity index (χ0v) is 15.8. The Labute approximate surface area is 158 Å². The topological polar surface area (TPSA) is 85.2 Å². The molecule has 2 aromatic heterocycles. The predicted molar refractivity (Wildman–Crippen MR) is 101 cm³/mol. The highest BCUT2D eigenvalue weighted by molar-refractivity contribution is 7.20. The molecule has 3 rings (SSSR count). The van der Waals surface area contributed by atoms with Crippen molar-refractivity contribution < 1.29 is 14.3 Å². The maximum Gasteiger partial charge on any atom is 0.426 e. The summed E-state index contributed by atoms with van der Waals surface area (Å²) in [7, 11) is 0. The van der Waals surface area contributed by atoms with Crippen LogP contribution in [0.3, 0.4) is 0 Å². The van der Waals surface area contributed by atoms with Crippen molar-refractivity contribution in [2.75, 3.05) is 6.61 Å². The lowest BCUT2D eigenvalue weighted by atomic mass is 10.2. The molecule has 136 valence electrons. The number of hydrazine groups is 1. The molecule has 2 amide bonds. The van der Waals surface area contributed by atoms with Crippen molar-refractivity contribution in [2.45, 2.75) is 20.4 Å². The number of benzene rings is 1. The van der Waals surface area contributed by atoms with E-state index >= 15 is 0 Å². The fraction of sp³-hybridized carbons (Fsp3) is 0.235. The summed E-state index contributed by atoms with van der Waals surface area (Å²) in [4.78, 5) is 24.8. The second kappa shape index (κ2) is 7.76. The van der Waals surface area contributed by atoms with Gasteiger partial charge in [-0.15, -0.1) is 11.3 Å². The first-order valence-electron chi connectivity index (χ1n) is 7.93. The number of hydrogen-bond donors (Lipinski definition) is 2. The Morgan fingerprint density at radius 3 is 2.81 bits per heavy atom. The average Bonchev–Trinajstić information content (AvgIpc) is 3.17. The molecule has 0 saturated carbocycles. The Balaban J connectivity index is 1.82. The van der Waals surface area contributed by atoms with Gasteiger partial charge in [0, 0.05) is 10.4 Å². The minimum Gasteiger partial charge on any atom is -0.449 e. The summed E-state index contributed by atoms with van der Waals surface area (Å²) in [5.74, 6) is -0.414. The first-order chi connectivity index (χ1) is 12.5. The summed E-state index contributed by atoms with van der Waals surface area (Å²) in [6.07, 6.45) is -0.706. The van der Waals surface area contributed by atoms with E-state index in [9.17, 15) is 9.59 Å².